The molecule has 3 rings (SSSR count). The van der Waals surface area contributed by atoms with Crippen molar-refractivity contribution in [2.45, 2.75) is 12.5 Å². The van der Waals surface area contributed by atoms with Crippen molar-refractivity contribution < 1.29 is 4.42 Å². The van der Waals surface area contributed by atoms with Crippen LogP contribution in [0.2, 0.25) is 0 Å². The number of nitrogens with two attached hydrogens (primary N) is 1. The maximum atomic E-state index is 6.13. The molecule has 2 N–H and O–H groups in total. The standard InChI is InChI=1S/C14H13N3O/c15-11(10-5-2-1-3-6-10)9-13-17-14-12(18-13)7-4-8-16-14/h1-8,11H,9,15H2. The lowest BCUT2D eigenvalue weighted by atomic mass is 10.1. The molecule has 0 saturated carbocycles. The molecule has 90 valence electrons. The summed E-state index contributed by atoms with van der Waals surface area (Å²) in [5, 5.41) is 0. The van der Waals surface area contributed by atoms with Crippen LogP contribution in [0.5, 0.6) is 0 Å². The van der Waals surface area contributed by atoms with Crippen LogP contribution in [0, 0.1) is 0 Å². The van der Waals surface area contributed by atoms with Gasteiger partial charge in [0, 0.05) is 18.7 Å². The zero-order valence-corrected chi connectivity index (χ0v) is 9.78. The van der Waals surface area contributed by atoms with E-state index >= 15 is 0 Å². The summed E-state index contributed by atoms with van der Waals surface area (Å²) >= 11 is 0. The van der Waals surface area contributed by atoms with Crippen LogP contribution < -0.4 is 5.73 Å². The summed E-state index contributed by atoms with van der Waals surface area (Å²) in [5.41, 5.74) is 8.54. The van der Waals surface area contributed by atoms with Crippen LogP contribution in [0.4, 0.5) is 0 Å². The summed E-state index contributed by atoms with van der Waals surface area (Å²) in [4.78, 5) is 8.46. The van der Waals surface area contributed by atoms with E-state index in [9.17, 15) is 0 Å². The van der Waals surface area contributed by atoms with E-state index in [1.807, 2.05) is 42.5 Å². The van der Waals surface area contributed by atoms with E-state index in [-0.39, 0.29) is 6.04 Å². The van der Waals surface area contributed by atoms with Crippen molar-refractivity contribution in [3.05, 3.63) is 60.1 Å². The molecule has 2 heterocycles. The van der Waals surface area contributed by atoms with Crippen LogP contribution in [0.1, 0.15) is 17.5 Å². The van der Waals surface area contributed by atoms with Crippen LogP contribution in [0.25, 0.3) is 11.2 Å². The molecule has 3 aromatic rings. The second-order valence-corrected chi connectivity index (χ2v) is 4.15. The first-order chi connectivity index (χ1) is 8.83. The minimum atomic E-state index is -0.112. The van der Waals surface area contributed by atoms with Gasteiger partial charge in [-0.2, -0.15) is 4.98 Å². The summed E-state index contributed by atoms with van der Waals surface area (Å²) in [6, 6.07) is 13.5. The van der Waals surface area contributed by atoms with Gasteiger partial charge < -0.3 is 10.2 Å². The van der Waals surface area contributed by atoms with Crippen molar-refractivity contribution in [2.75, 3.05) is 0 Å². The van der Waals surface area contributed by atoms with Gasteiger partial charge in [-0.1, -0.05) is 30.3 Å². The predicted molar refractivity (Wildman–Crippen MR) is 68.9 cm³/mol. The average Bonchev–Trinajstić information content (AvgIpc) is 2.82. The van der Waals surface area contributed by atoms with Crippen LogP contribution in [-0.4, -0.2) is 9.97 Å². The van der Waals surface area contributed by atoms with Gasteiger partial charge in [0.2, 0.25) is 0 Å². The minimum Gasteiger partial charge on any atom is -0.439 e. The molecule has 0 fully saturated rings. The lowest BCUT2D eigenvalue weighted by Crippen LogP contribution is -2.13. The van der Waals surface area contributed by atoms with E-state index in [4.69, 9.17) is 10.2 Å². The van der Waals surface area contributed by atoms with Gasteiger partial charge >= 0.3 is 0 Å². The first kappa shape index (κ1) is 10.9. The summed E-state index contributed by atoms with van der Waals surface area (Å²) in [7, 11) is 0. The molecule has 0 spiro atoms. The highest BCUT2D eigenvalue weighted by molar-refractivity contribution is 5.66. The smallest absolute Gasteiger partial charge is 0.198 e. The van der Waals surface area contributed by atoms with Gasteiger partial charge in [-0.05, 0) is 17.7 Å². The molecule has 0 aliphatic heterocycles. The zero-order chi connectivity index (χ0) is 12.4. The molecule has 1 unspecified atom stereocenters. The van der Waals surface area contributed by atoms with E-state index in [1.165, 1.54) is 0 Å². The molecule has 4 heteroatoms. The maximum Gasteiger partial charge on any atom is 0.198 e. The normalized spacial score (nSPS) is 12.7. The highest BCUT2D eigenvalue weighted by Crippen LogP contribution is 2.18. The fourth-order valence-corrected chi connectivity index (χ4v) is 1.91. The third kappa shape index (κ3) is 2.10. The monoisotopic (exact) mass is 239 g/mol. The highest BCUT2D eigenvalue weighted by atomic mass is 16.3. The number of aromatic nitrogens is 2. The van der Waals surface area contributed by atoms with Crippen molar-refractivity contribution >= 4 is 11.2 Å². The number of benzene rings is 1. The van der Waals surface area contributed by atoms with Gasteiger partial charge in [0.1, 0.15) is 0 Å². The SMILES string of the molecule is NC(Cc1nc2ncccc2o1)c1ccccc1. The topological polar surface area (TPSA) is 64.9 Å². The Balaban J connectivity index is 1.84. The molecule has 4 nitrogen and oxygen atoms in total. The predicted octanol–water partition coefficient (Wildman–Crippen LogP) is 2.47. The summed E-state index contributed by atoms with van der Waals surface area (Å²) in [6.07, 6.45) is 2.27. The van der Waals surface area contributed by atoms with E-state index < -0.39 is 0 Å². The number of nitrogens with zero attached hydrogens (tertiary/aromatic N) is 2. The van der Waals surface area contributed by atoms with Gasteiger partial charge in [0.25, 0.3) is 0 Å². The number of fused-ring (bicyclic) bond motifs is 1. The van der Waals surface area contributed by atoms with Crippen LogP contribution in [-0.2, 0) is 6.42 Å². The van der Waals surface area contributed by atoms with Gasteiger partial charge in [0.15, 0.2) is 17.1 Å². The Kier molecular flexibility index (Phi) is 2.78. The van der Waals surface area contributed by atoms with Crippen molar-refractivity contribution in [3.63, 3.8) is 0 Å². The van der Waals surface area contributed by atoms with E-state index in [0.717, 1.165) is 5.56 Å². The third-order valence-electron chi connectivity index (χ3n) is 2.83. The molecule has 0 radical (unpaired) electrons. The summed E-state index contributed by atoms with van der Waals surface area (Å²) in [5.74, 6) is 0.625. The fourth-order valence-electron chi connectivity index (χ4n) is 1.91. The van der Waals surface area contributed by atoms with Crippen LogP contribution >= 0.6 is 0 Å². The second-order valence-electron chi connectivity index (χ2n) is 4.15. The third-order valence-corrected chi connectivity index (χ3v) is 2.83. The Morgan fingerprint density at radius 1 is 1.11 bits per heavy atom. The Hall–Kier alpha value is -2.20. The number of rotatable bonds is 3. The summed E-state index contributed by atoms with van der Waals surface area (Å²) < 4.78 is 5.61. The lowest BCUT2D eigenvalue weighted by Gasteiger charge is -2.08. The van der Waals surface area contributed by atoms with Crippen molar-refractivity contribution in [2.24, 2.45) is 5.73 Å². The lowest BCUT2D eigenvalue weighted by molar-refractivity contribution is 0.502. The van der Waals surface area contributed by atoms with E-state index in [2.05, 4.69) is 9.97 Å². The molecular formula is C14H13N3O. The van der Waals surface area contributed by atoms with E-state index in [0.29, 0.717) is 23.5 Å². The number of hydrogen-bond donors (Lipinski definition) is 1. The molecule has 0 amide bonds. The van der Waals surface area contributed by atoms with Gasteiger partial charge in [0.05, 0.1) is 0 Å². The average molecular weight is 239 g/mol. The Morgan fingerprint density at radius 3 is 2.72 bits per heavy atom. The Bertz CT molecular complexity index is 615. The van der Waals surface area contributed by atoms with Gasteiger partial charge in [-0.3, -0.25) is 0 Å². The first-order valence-electron chi connectivity index (χ1n) is 5.84. The largest absolute Gasteiger partial charge is 0.439 e. The minimum absolute atomic E-state index is 0.112. The molecule has 18 heavy (non-hydrogen) atoms. The molecule has 2 aromatic heterocycles. The molecule has 1 aromatic carbocycles. The van der Waals surface area contributed by atoms with Crippen LogP contribution in [0.15, 0.2) is 53.1 Å². The first-order valence-corrected chi connectivity index (χ1v) is 5.84. The summed E-state index contributed by atoms with van der Waals surface area (Å²) in [6.45, 7) is 0. The number of oxazole rings is 1. The van der Waals surface area contributed by atoms with Gasteiger partial charge in [-0.15, -0.1) is 0 Å². The molecular weight excluding hydrogens is 226 g/mol. The van der Waals surface area contributed by atoms with Crippen molar-refractivity contribution in [1.82, 2.24) is 9.97 Å². The molecule has 0 bridgehead atoms. The van der Waals surface area contributed by atoms with Gasteiger partial charge in [-0.25, -0.2) is 4.98 Å². The quantitative estimate of drug-likeness (QED) is 0.762. The van der Waals surface area contributed by atoms with E-state index in [1.54, 1.807) is 6.20 Å². The highest BCUT2D eigenvalue weighted by Gasteiger charge is 2.12. The molecule has 0 aliphatic carbocycles. The van der Waals surface area contributed by atoms with Crippen molar-refractivity contribution in [1.29, 1.82) is 0 Å². The molecule has 0 saturated heterocycles. The number of hydrogen-bond acceptors (Lipinski definition) is 4. The van der Waals surface area contributed by atoms with Crippen LogP contribution in [0.3, 0.4) is 0 Å². The zero-order valence-electron chi connectivity index (χ0n) is 9.78. The second kappa shape index (κ2) is 4.58. The fraction of sp³-hybridized carbons (Fsp3) is 0.143. The maximum absolute atomic E-state index is 6.13. The Labute approximate surface area is 104 Å². The number of pyridine rings is 1. The molecule has 1 atom stereocenters. The molecule has 0 aliphatic rings. The van der Waals surface area contributed by atoms with Crippen molar-refractivity contribution in [3.8, 4) is 0 Å². The Morgan fingerprint density at radius 2 is 1.94 bits per heavy atom.